The van der Waals surface area contributed by atoms with Gasteiger partial charge in [-0.1, -0.05) is 6.07 Å². The van der Waals surface area contributed by atoms with Crippen LogP contribution in [0.4, 0.5) is 0 Å². The molecule has 2 aromatic rings. The number of Topliss-reactive ketones (excluding diaryl/α,β-unsaturated/α-hetero) is 1. The van der Waals surface area contributed by atoms with Gasteiger partial charge in [-0.25, -0.2) is 0 Å². The van der Waals surface area contributed by atoms with Crippen LogP contribution in [0.2, 0.25) is 0 Å². The molecule has 130 valence electrons. The van der Waals surface area contributed by atoms with Gasteiger partial charge in [-0.2, -0.15) is 0 Å². The number of hydrogen-bond donors (Lipinski definition) is 0. The predicted octanol–water partition coefficient (Wildman–Crippen LogP) is 3.72. The average molecular weight is 337 g/mol. The average Bonchev–Trinajstić information content (AvgIpc) is 3.27. The second-order valence-corrected chi connectivity index (χ2v) is 7.23. The van der Waals surface area contributed by atoms with Crippen LogP contribution in [-0.2, 0) is 22.4 Å². The Morgan fingerprint density at radius 1 is 1.12 bits per heavy atom. The highest BCUT2D eigenvalue weighted by Gasteiger charge is 2.31. The molecule has 1 heterocycles. The molecule has 4 heteroatoms. The lowest BCUT2D eigenvalue weighted by Crippen LogP contribution is -2.15. The molecule has 2 aliphatic rings. The summed E-state index contributed by atoms with van der Waals surface area (Å²) in [6, 6.07) is 8.47. The van der Waals surface area contributed by atoms with E-state index in [-0.39, 0.29) is 24.3 Å². The summed E-state index contributed by atoms with van der Waals surface area (Å²) in [5, 5.41) is 0. The first-order valence-corrected chi connectivity index (χ1v) is 9.05. The minimum absolute atomic E-state index is 0.0200. The van der Waals surface area contributed by atoms with E-state index in [9.17, 15) is 9.59 Å². The molecular formula is C21H23NO3. The van der Waals surface area contributed by atoms with Gasteiger partial charge in [-0.15, -0.1) is 0 Å². The Bertz CT molecular complexity index is 858. The zero-order valence-corrected chi connectivity index (χ0v) is 14.8. The second kappa shape index (κ2) is 6.17. The summed E-state index contributed by atoms with van der Waals surface area (Å²) in [5.41, 5.74) is 6.52. The van der Waals surface area contributed by atoms with Crippen LogP contribution in [0, 0.1) is 19.8 Å². The monoisotopic (exact) mass is 337 g/mol. The van der Waals surface area contributed by atoms with E-state index < -0.39 is 0 Å². The Hall–Kier alpha value is -2.36. The van der Waals surface area contributed by atoms with E-state index in [1.807, 2.05) is 19.9 Å². The van der Waals surface area contributed by atoms with Crippen molar-refractivity contribution in [2.75, 3.05) is 6.61 Å². The maximum atomic E-state index is 12.5. The van der Waals surface area contributed by atoms with Crippen LogP contribution in [0.5, 0.6) is 0 Å². The van der Waals surface area contributed by atoms with Crippen LogP contribution < -0.4 is 0 Å². The fourth-order valence-electron chi connectivity index (χ4n) is 3.79. The van der Waals surface area contributed by atoms with Gasteiger partial charge in [0.2, 0.25) is 5.78 Å². The molecule has 0 N–H and O–H groups in total. The lowest BCUT2D eigenvalue weighted by Gasteiger charge is -2.12. The smallest absolute Gasteiger partial charge is 0.309 e. The van der Waals surface area contributed by atoms with Crippen molar-refractivity contribution < 1.29 is 14.3 Å². The molecule has 0 atom stereocenters. The lowest BCUT2D eigenvalue weighted by atomic mass is 10.1. The fraction of sp³-hybridized carbons (Fsp3) is 0.429. The van der Waals surface area contributed by atoms with Crippen molar-refractivity contribution in [3.8, 4) is 5.69 Å². The molecule has 0 aliphatic heterocycles. The van der Waals surface area contributed by atoms with E-state index in [2.05, 4.69) is 22.8 Å². The third kappa shape index (κ3) is 3.01. The standard InChI is InChI=1S/C21H23NO3/c1-13-10-19(20(23)12-25-21(24)16-6-7-16)14(2)22(13)18-9-8-15-4-3-5-17(15)11-18/h8-11,16H,3-7,12H2,1-2H3. The van der Waals surface area contributed by atoms with Crippen molar-refractivity contribution in [1.82, 2.24) is 4.57 Å². The van der Waals surface area contributed by atoms with Crippen molar-refractivity contribution in [1.29, 1.82) is 0 Å². The number of nitrogens with zero attached hydrogens (tertiary/aromatic N) is 1. The summed E-state index contributed by atoms with van der Waals surface area (Å²) in [6.45, 7) is 3.80. The first kappa shape index (κ1) is 16.1. The number of aryl methyl sites for hydroxylation is 3. The van der Waals surface area contributed by atoms with Gasteiger partial charge in [0.05, 0.1) is 5.92 Å². The Balaban J connectivity index is 1.58. The molecule has 1 aromatic carbocycles. The number of carbonyl (C=O) groups is 2. The lowest BCUT2D eigenvalue weighted by molar-refractivity contribution is -0.144. The molecule has 2 aliphatic carbocycles. The molecule has 0 saturated heterocycles. The van der Waals surface area contributed by atoms with Gasteiger partial charge < -0.3 is 9.30 Å². The maximum Gasteiger partial charge on any atom is 0.309 e. The molecule has 0 unspecified atom stereocenters. The van der Waals surface area contributed by atoms with Crippen LogP contribution in [0.3, 0.4) is 0 Å². The Kier molecular flexibility index (Phi) is 3.98. The third-order valence-corrected chi connectivity index (χ3v) is 5.33. The quantitative estimate of drug-likeness (QED) is 0.617. The Morgan fingerprint density at radius 2 is 1.88 bits per heavy atom. The summed E-state index contributed by atoms with van der Waals surface area (Å²) in [5.74, 6) is -0.345. The van der Waals surface area contributed by atoms with E-state index in [4.69, 9.17) is 4.74 Å². The highest BCUT2D eigenvalue weighted by Crippen LogP contribution is 2.30. The highest BCUT2D eigenvalue weighted by atomic mass is 16.5. The summed E-state index contributed by atoms with van der Waals surface area (Å²) in [7, 11) is 0. The van der Waals surface area contributed by atoms with Crippen molar-refractivity contribution in [3.63, 3.8) is 0 Å². The van der Waals surface area contributed by atoms with E-state index in [1.54, 1.807) is 0 Å². The molecule has 0 spiro atoms. The van der Waals surface area contributed by atoms with Gasteiger partial charge in [-0.3, -0.25) is 9.59 Å². The van der Waals surface area contributed by atoms with Crippen LogP contribution in [0.15, 0.2) is 24.3 Å². The minimum atomic E-state index is -0.235. The SMILES string of the molecule is Cc1cc(C(=O)COC(=O)C2CC2)c(C)n1-c1ccc2c(c1)CCC2. The molecule has 1 saturated carbocycles. The number of ketones is 1. The van der Waals surface area contributed by atoms with Gasteiger partial charge in [0.1, 0.15) is 0 Å². The van der Waals surface area contributed by atoms with Crippen molar-refractivity contribution in [3.05, 3.63) is 52.3 Å². The van der Waals surface area contributed by atoms with E-state index >= 15 is 0 Å². The zero-order chi connectivity index (χ0) is 17.6. The molecule has 1 fully saturated rings. The van der Waals surface area contributed by atoms with E-state index in [1.165, 1.54) is 17.5 Å². The largest absolute Gasteiger partial charge is 0.457 e. The zero-order valence-electron chi connectivity index (χ0n) is 14.8. The number of esters is 1. The molecule has 0 bridgehead atoms. The van der Waals surface area contributed by atoms with Crippen LogP contribution in [0.1, 0.15) is 52.1 Å². The molecule has 0 amide bonds. The first-order chi connectivity index (χ1) is 12.0. The normalized spacial score (nSPS) is 15.9. The van der Waals surface area contributed by atoms with Gasteiger partial charge in [0.25, 0.3) is 0 Å². The number of fused-ring (bicyclic) bond motifs is 1. The topological polar surface area (TPSA) is 48.3 Å². The van der Waals surface area contributed by atoms with Gasteiger partial charge in [0, 0.05) is 22.6 Å². The number of aromatic nitrogens is 1. The Labute approximate surface area is 147 Å². The number of rotatable bonds is 5. The Morgan fingerprint density at radius 3 is 2.64 bits per heavy atom. The van der Waals surface area contributed by atoms with Gasteiger partial charge >= 0.3 is 5.97 Å². The number of benzene rings is 1. The fourth-order valence-corrected chi connectivity index (χ4v) is 3.79. The van der Waals surface area contributed by atoms with Crippen molar-refractivity contribution >= 4 is 11.8 Å². The van der Waals surface area contributed by atoms with Crippen molar-refractivity contribution in [2.45, 2.75) is 46.0 Å². The summed E-state index contributed by atoms with van der Waals surface area (Å²) in [4.78, 5) is 24.2. The maximum absolute atomic E-state index is 12.5. The molecule has 4 nitrogen and oxygen atoms in total. The van der Waals surface area contributed by atoms with Gasteiger partial charge in [-0.05, 0) is 75.3 Å². The summed E-state index contributed by atoms with van der Waals surface area (Å²) in [6.07, 6.45) is 5.29. The highest BCUT2D eigenvalue weighted by molar-refractivity contribution is 5.99. The van der Waals surface area contributed by atoms with Crippen LogP contribution in [-0.4, -0.2) is 22.9 Å². The van der Waals surface area contributed by atoms with E-state index in [0.717, 1.165) is 42.8 Å². The molecule has 25 heavy (non-hydrogen) atoms. The molecule has 1 aromatic heterocycles. The number of carbonyl (C=O) groups excluding carboxylic acids is 2. The predicted molar refractivity (Wildman–Crippen MR) is 95.3 cm³/mol. The first-order valence-electron chi connectivity index (χ1n) is 9.05. The second-order valence-electron chi connectivity index (χ2n) is 7.23. The number of hydrogen-bond acceptors (Lipinski definition) is 3. The third-order valence-electron chi connectivity index (χ3n) is 5.33. The molecule has 0 radical (unpaired) electrons. The van der Waals surface area contributed by atoms with Gasteiger partial charge in [0.15, 0.2) is 6.61 Å². The van der Waals surface area contributed by atoms with E-state index in [0.29, 0.717) is 5.56 Å². The minimum Gasteiger partial charge on any atom is -0.457 e. The molecular weight excluding hydrogens is 314 g/mol. The summed E-state index contributed by atoms with van der Waals surface area (Å²) >= 11 is 0. The summed E-state index contributed by atoms with van der Waals surface area (Å²) < 4.78 is 7.27. The van der Waals surface area contributed by atoms with Crippen molar-refractivity contribution in [2.24, 2.45) is 5.92 Å². The van der Waals surface area contributed by atoms with Crippen LogP contribution >= 0.6 is 0 Å². The molecule has 4 rings (SSSR count). The van der Waals surface area contributed by atoms with Crippen LogP contribution in [0.25, 0.3) is 5.69 Å². The number of ether oxygens (including phenoxy) is 1.